The van der Waals surface area contributed by atoms with Gasteiger partial charge in [-0.2, -0.15) is 0 Å². The van der Waals surface area contributed by atoms with Crippen LogP contribution < -0.4 is 69.6 Å². The van der Waals surface area contributed by atoms with Crippen LogP contribution in [0.4, 0.5) is 17.3 Å². The van der Waals surface area contributed by atoms with Crippen LogP contribution in [0.15, 0.2) is 184 Å². The number of carboxylic acid groups (broad SMARTS) is 1. The molecule has 0 fully saturated rings. The monoisotopic (exact) mass is 2200 g/mol. The number of aliphatic carboxylic acids is 1. The average molecular weight is 2210 g/mol. The van der Waals surface area contributed by atoms with Crippen LogP contribution in [-0.2, 0) is 63.5 Å². The number of hydrogen-bond acceptors (Lipinski definition) is 23. The van der Waals surface area contributed by atoms with E-state index in [1.165, 1.54) is 49.4 Å². The molecule has 0 aliphatic heterocycles. The average Bonchev–Trinajstić information content (AvgIpc) is 0.824. The number of ether oxygens (including phenoxy) is 5. The number of carbonyl (C=O) groups excluding carboxylic acids is 4. The van der Waals surface area contributed by atoms with Crippen LogP contribution in [0.2, 0.25) is 25.1 Å². The van der Waals surface area contributed by atoms with Gasteiger partial charge in [-0.3, -0.25) is 24.5 Å². The summed E-state index contributed by atoms with van der Waals surface area (Å²) in [5, 5.41) is 24.3. The molecule has 7 aromatic carbocycles. The molecule has 1 amide bonds. The summed E-state index contributed by atoms with van der Waals surface area (Å²) in [6.07, 6.45) is 0. The summed E-state index contributed by atoms with van der Waals surface area (Å²) >= 11 is 58.4. The third kappa shape index (κ3) is 47.7. The van der Waals surface area contributed by atoms with E-state index >= 15 is 0 Å². The fraction of sp³-hybridized carbons (Fsp3) is 0.188. The number of benzene rings is 7. The summed E-state index contributed by atoms with van der Waals surface area (Å²) in [7, 11) is 0.0272. The van der Waals surface area contributed by atoms with Crippen LogP contribution in [-0.4, -0.2) is 129 Å². The van der Waals surface area contributed by atoms with E-state index in [0.29, 0.717) is 88.6 Å². The number of sulfone groups is 1. The molecule has 2 heterocycles. The minimum Gasteiger partial charge on any atom is -0.870 e. The summed E-state index contributed by atoms with van der Waals surface area (Å²) in [5.41, 5.74) is 9.35. The number of esters is 1. The van der Waals surface area contributed by atoms with Crippen molar-refractivity contribution < 1.29 is 114 Å². The van der Waals surface area contributed by atoms with E-state index in [0.717, 1.165) is 33.8 Å². The number of carbonyl (C=O) groups is 5. The number of sulfonamides is 1. The number of nitrogens with zero attached hydrogens (tertiary/aromatic N) is 4. The summed E-state index contributed by atoms with van der Waals surface area (Å²) in [4.78, 5) is 70.1. The van der Waals surface area contributed by atoms with Crippen LogP contribution in [0.3, 0.4) is 0 Å². The zero-order valence-electron chi connectivity index (χ0n) is 60.1. The molecule has 9 rings (SSSR count). The second-order valence-electron chi connectivity index (χ2n) is 21.1. The van der Waals surface area contributed by atoms with Crippen LogP contribution >= 0.6 is 199 Å². The van der Waals surface area contributed by atoms with Crippen molar-refractivity contribution in [3.8, 4) is 28.7 Å². The number of nitrogens with one attached hydrogen (secondary N) is 3. The van der Waals surface area contributed by atoms with Gasteiger partial charge in [0.15, 0.2) is 40.6 Å². The number of nitrogens with two attached hydrogens (primary N) is 1. The van der Waals surface area contributed by atoms with Crippen molar-refractivity contribution in [1.29, 1.82) is 0 Å². The van der Waals surface area contributed by atoms with E-state index in [2.05, 4.69) is 157 Å². The number of halogens is 14. The number of Topliss-reactive ketones (excluding diaryl/α,β-unsaturated/α-hetero) is 1. The second kappa shape index (κ2) is 57.3. The number of phenolic OH excluding ortho intramolecular Hbond substituents is 1. The number of aromatic nitrogens is 4. The maximum absolute atomic E-state index is 12.6. The van der Waals surface area contributed by atoms with Gasteiger partial charge < -0.3 is 50.4 Å². The molecule has 0 aliphatic carbocycles. The third-order valence-electron chi connectivity index (χ3n) is 11.9. The molecule has 26 nitrogen and oxygen atoms in total. The normalized spacial score (nSPS) is 10.1. The van der Waals surface area contributed by atoms with E-state index < -0.39 is 46.2 Å². The molecule has 0 bridgehead atoms. The Hall–Kier alpha value is -4.85. The van der Waals surface area contributed by atoms with Crippen LogP contribution in [0.25, 0.3) is 0 Å². The van der Waals surface area contributed by atoms with Gasteiger partial charge in [-0.05, 0) is 217 Å². The number of aromatic hydroxyl groups is 1. The first-order chi connectivity index (χ1) is 52.4. The number of anilines is 3. The summed E-state index contributed by atoms with van der Waals surface area (Å²) in [6.45, 7) is 10.0. The minimum absolute atomic E-state index is 0. The molecular weight excluding hydrogens is 2140 g/mol. The first-order valence-corrected chi connectivity index (χ1v) is 44.4. The first-order valence-electron chi connectivity index (χ1n) is 30.7. The smallest absolute Gasteiger partial charge is 0.870 e. The van der Waals surface area contributed by atoms with E-state index in [1.54, 1.807) is 130 Å². The van der Waals surface area contributed by atoms with Crippen molar-refractivity contribution in [2.75, 3.05) is 54.1 Å². The molecule has 0 saturated carbocycles. The fourth-order valence-electron chi connectivity index (χ4n) is 7.43. The summed E-state index contributed by atoms with van der Waals surface area (Å²) < 4.78 is 90.3. The Labute approximate surface area is 776 Å². The quantitative estimate of drug-likeness (QED) is 0.00971. The SMILES string of the molecule is CC(=O)COc1ccc(Br)cc1Cl.CCOC(=O)CBr.Cc1cc(C)nc(CS(=O)(=O)c2ccc(N)cc2)n1.Cc1cc(C)nc(NS(=O)(=O)c2ccc(NC(=S)NC(=O)COc3ccc(Br)cc3Cl)cc2)n1.O=C(Cl)COc1ccc(Br)cc1Cl.O=C(O)COc1ccc(Br)cc1Cl.O=S(Cl)Cl.Oc1ccc(Br)cc1Cl.[Na+].[OH-]. The second-order valence-corrected chi connectivity index (χ2v) is 35.3. The molecule has 0 saturated heterocycles. The molecule has 8 N–H and O–H groups in total. The molecule has 0 aliphatic rings. The minimum atomic E-state index is -3.89. The number of thiocarbonyl (C=S) groups is 1. The van der Waals surface area contributed by atoms with Crippen LogP contribution in [0.1, 0.15) is 42.4 Å². The van der Waals surface area contributed by atoms with Crippen molar-refractivity contribution >= 4 is 279 Å². The van der Waals surface area contributed by atoms with Crippen molar-refractivity contribution in [2.24, 2.45) is 0 Å². The van der Waals surface area contributed by atoms with Gasteiger partial charge in [-0.25, -0.2) is 50.5 Å². The molecule has 0 atom stereocenters. The van der Waals surface area contributed by atoms with Gasteiger partial charge in [0.25, 0.3) is 21.2 Å². The maximum atomic E-state index is 12.6. The fourth-order valence-corrected chi connectivity index (χ4v) is 13.6. The van der Waals surface area contributed by atoms with E-state index in [1.807, 2.05) is 13.8 Å². The largest absolute Gasteiger partial charge is 1.00 e. The Morgan fingerprint density at radius 3 is 1.28 bits per heavy atom. The number of nitrogen functional groups attached to an aromatic ring is 1. The van der Waals surface area contributed by atoms with Crippen LogP contribution in [0.5, 0.6) is 28.7 Å². The van der Waals surface area contributed by atoms with Crippen molar-refractivity contribution in [1.82, 2.24) is 25.3 Å². The number of aryl methyl sites for hydroxylation is 4. The number of hydrogen-bond donors (Lipinski definition) is 6. The summed E-state index contributed by atoms with van der Waals surface area (Å²) in [6, 6.07) is 40.7. The molecule has 0 radical (unpaired) electrons. The van der Waals surface area contributed by atoms with Gasteiger partial charge >= 0.3 is 41.5 Å². The Morgan fingerprint density at radius 1 is 0.561 bits per heavy atom. The van der Waals surface area contributed by atoms with Crippen molar-refractivity contribution in [3.05, 3.63) is 228 Å². The number of rotatable bonds is 21. The third-order valence-corrected chi connectivity index (χ3v) is 19.5. The number of amides is 1. The number of phenols is 1. The van der Waals surface area contributed by atoms with E-state index in [9.17, 15) is 40.8 Å². The molecule has 45 heteroatoms. The zero-order chi connectivity index (χ0) is 84.6. The van der Waals surface area contributed by atoms with Gasteiger partial charge in [0.1, 0.15) is 52.3 Å². The molecule has 114 heavy (non-hydrogen) atoms. The Balaban J connectivity index is 0.00000137. The molecule has 612 valence electrons. The Morgan fingerprint density at radius 2 is 0.930 bits per heavy atom. The van der Waals surface area contributed by atoms with Crippen molar-refractivity contribution in [3.63, 3.8) is 0 Å². The standard InChI is InChI=1S/C21H19BrClN5O4S2.C13H15N3O2S.C9H8BrClO2.C8H5BrCl2O2.C8H6BrClO3.C6H4BrClO.C4H7BrO2.Cl2OS.Na.H2O/c1-12-9-13(2)25-20(24-12)28-34(30,31)16-6-4-15(5-7-16)26-21(33)27-19(29)11-32-18-8-3-14(22)10-17(18)23;1-9-7-10(2)16-13(15-9)8-19(17,18)12-5-3-11(14)4-6-12;1-6(12)5-13-9-3-2-7(10)4-8(9)11;2*9-5-1-2-7(6(10)3-5)13-4-8(11)12;7-4-1-2-6(9)5(8)3-4;1-2-7-4(6)3-5;1-4(2)3;;/h3-10H,11H2,1-2H3,(H,24,25,28)(H2,26,27,29,33);3-7H,8,14H2,1-2H3;2-4H,5H2,1H3;1-3H,4H2;1-3H,4H2,(H,11,12);1-3,9H;2-3H2,1H3;;;1H2/q;;;;;;;;+1;/p-1. The first kappa shape index (κ1) is 109. The number of ketones is 1. The zero-order valence-corrected chi connectivity index (χ0v) is 81.0. The number of alkyl halides is 1. The topological polar surface area (TPSA) is 401 Å². The maximum Gasteiger partial charge on any atom is 1.00 e. The van der Waals surface area contributed by atoms with Gasteiger partial charge in [0.05, 0.1) is 41.5 Å². The number of carboxylic acids is 1. The van der Waals surface area contributed by atoms with Gasteiger partial charge in [0, 0.05) is 77.9 Å². The Kier molecular flexibility index (Phi) is 54.9. The predicted molar refractivity (Wildman–Crippen MR) is 467 cm³/mol. The van der Waals surface area contributed by atoms with Crippen LogP contribution in [0, 0.1) is 27.7 Å². The molecule has 9 aromatic rings. The molecule has 0 unspecified atom stereocenters. The molecule has 2 aromatic heterocycles. The van der Waals surface area contributed by atoms with Crippen molar-refractivity contribution in [2.45, 2.75) is 57.1 Å². The Bertz CT molecular complexity index is 4750. The van der Waals surface area contributed by atoms with Gasteiger partial charge in [0.2, 0.25) is 15.2 Å². The summed E-state index contributed by atoms with van der Waals surface area (Å²) in [5.74, 6) is 0.152. The molecule has 0 spiro atoms. The van der Waals surface area contributed by atoms with Gasteiger partial charge in [-0.1, -0.05) is 154 Å². The predicted octanol–water partition coefficient (Wildman–Crippen LogP) is 16.4. The van der Waals surface area contributed by atoms with E-state index in [4.69, 9.17) is 121 Å². The van der Waals surface area contributed by atoms with Gasteiger partial charge in [-0.15, -0.1) is 0 Å². The van der Waals surface area contributed by atoms with E-state index in [-0.39, 0.29) is 106 Å². The molecular formula is C69H65Br6Cl8N8NaO18S4.